The molecule has 2 heterocycles. The summed E-state index contributed by atoms with van der Waals surface area (Å²) in [7, 11) is 0. The molecule has 1 fully saturated rings. The molecule has 0 bridgehead atoms. The van der Waals surface area contributed by atoms with E-state index in [0.29, 0.717) is 25.6 Å². The normalized spacial score (nSPS) is 15.0. The van der Waals surface area contributed by atoms with Crippen LogP contribution < -0.4 is 10.1 Å². The van der Waals surface area contributed by atoms with Crippen molar-refractivity contribution in [3.8, 4) is 5.75 Å². The van der Waals surface area contributed by atoms with Crippen molar-refractivity contribution in [3.63, 3.8) is 0 Å². The van der Waals surface area contributed by atoms with Crippen LogP contribution in [-0.4, -0.2) is 35.6 Å². The summed E-state index contributed by atoms with van der Waals surface area (Å²) in [6, 6.07) is 9.65. The molecular weight excluding hydrogens is 321 g/mol. The number of likely N-dealkylation sites (tertiary alicyclic amines) is 1. The van der Waals surface area contributed by atoms with Gasteiger partial charge in [-0.2, -0.15) is 0 Å². The molecular formula is C19H22FN3O2. The summed E-state index contributed by atoms with van der Waals surface area (Å²) in [5.74, 6) is 0.954. The molecule has 0 radical (unpaired) electrons. The highest BCUT2D eigenvalue weighted by Gasteiger charge is 2.23. The summed E-state index contributed by atoms with van der Waals surface area (Å²) >= 11 is 0. The second kappa shape index (κ2) is 8.46. The third-order valence-electron chi connectivity index (χ3n) is 4.46. The Hall–Kier alpha value is -2.63. The van der Waals surface area contributed by atoms with Gasteiger partial charge in [-0.05, 0) is 49.4 Å². The standard InChI is InChI=1S/C19H22FN3O2/c20-17-3-1-2-4-18(17)22-19(24)23-12-7-15(8-13-23)9-14-25-16-5-10-21-11-6-16/h1-6,10-11,15H,7-9,12-14H2,(H,22,24). The number of anilines is 1. The largest absolute Gasteiger partial charge is 0.493 e. The van der Waals surface area contributed by atoms with Crippen molar-refractivity contribution in [2.75, 3.05) is 25.0 Å². The van der Waals surface area contributed by atoms with Gasteiger partial charge in [0.25, 0.3) is 0 Å². The number of amides is 2. The number of halogens is 1. The zero-order valence-corrected chi connectivity index (χ0v) is 14.0. The molecule has 0 atom stereocenters. The van der Waals surface area contributed by atoms with E-state index in [1.54, 1.807) is 35.5 Å². The van der Waals surface area contributed by atoms with E-state index in [1.165, 1.54) is 6.07 Å². The molecule has 0 spiro atoms. The van der Waals surface area contributed by atoms with Gasteiger partial charge in [-0.25, -0.2) is 9.18 Å². The minimum atomic E-state index is -0.418. The van der Waals surface area contributed by atoms with Crippen LogP contribution in [0.4, 0.5) is 14.9 Å². The number of pyridine rings is 1. The molecule has 1 aromatic carbocycles. The fourth-order valence-corrected chi connectivity index (χ4v) is 2.96. The number of ether oxygens (including phenoxy) is 1. The first-order chi connectivity index (χ1) is 12.2. The molecule has 6 heteroatoms. The first kappa shape index (κ1) is 17.2. The molecule has 25 heavy (non-hydrogen) atoms. The van der Waals surface area contributed by atoms with Gasteiger partial charge in [0.05, 0.1) is 12.3 Å². The Kier molecular flexibility index (Phi) is 5.82. The molecule has 3 rings (SSSR count). The van der Waals surface area contributed by atoms with E-state index >= 15 is 0 Å². The van der Waals surface area contributed by atoms with Crippen LogP contribution in [0.15, 0.2) is 48.8 Å². The third kappa shape index (κ3) is 4.92. The molecule has 132 valence electrons. The Morgan fingerprint density at radius 2 is 1.92 bits per heavy atom. The number of para-hydroxylation sites is 1. The predicted molar refractivity (Wildman–Crippen MR) is 94.1 cm³/mol. The number of benzene rings is 1. The molecule has 5 nitrogen and oxygen atoms in total. The zero-order valence-electron chi connectivity index (χ0n) is 14.0. The highest BCUT2D eigenvalue weighted by Crippen LogP contribution is 2.22. The number of hydrogen-bond donors (Lipinski definition) is 1. The van der Waals surface area contributed by atoms with Gasteiger partial charge < -0.3 is 15.0 Å². The topological polar surface area (TPSA) is 54.5 Å². The lowest BCUT2D eigenvalue weighted by Crippen LogP contribution is -2.41. The van der Waals surface area contributed by atoms with E-state index in [9.17, 15) is 9.18 Å². The van der Waals surface area contributed by atoms with Crippen molar-refractivity contribution in [1.29, 1.82) is 0 Å². The van der Waals surface area contributed by atoms with Crippen LogP contribution in [0.5, 0.6) is 5.75 Å². The number of rotatable bonds is 5. The van der Waals surface area contributed by atoms with E-state index < -0.39 is 5.82 Å². The first-order valence-corrected chi connectivity index (χ1v) is 8.55. The van der Waals surface area contributed by atoms with Gasteiger partial charge in [0.1, 0.15) is 11.6 Å². The van der Waals surface area contributed by atoms with E-state index in [1.807, 2.05) is 12.1 Å². The number of carbonyl (C=O) groups excluding carboxylic acids is 1. The second-order valence-electron chi connectivity index (χ2n) is 6.16. The Morgan fingerprint density at radius 1 is 1.20 bits per heavy atom. The highest BCUT2D eigenvalue weighted by molar-refractivity contribution is 5.89. The summed E-state index contributed by atoms with van der Waals surface area (Å²) < 4.78 is 19.3. The van der Waals surface area contributed by atoms with Crippen molar-refractivity contribution < 1.29 is 13.9 Å². The second-order valence-corrected chi connectivity index (χ2v) is 6.16. The Bertz CT molecular complexity index is 688. The maximum Gasteiger partial charge on any atom is 0.321 e. The minimum absolute atomic E-state index is 0.223. The van der Waals surface area contributed by atoms with E-state index in [-0.39, 0.29) is 11.7 Å². The highest BCUT2D eigenvalue weighted by atomic mass is 19.1. The van der Waals surface area contributed by atoms with Gasteiger partial charge in [0.15, 0.2) is 0 Å². The van der Waals surface area contributed by atoms with Gasteiger partial charge in [-0.3, -0.25) is 4.98 Å². The van der Waals surface area contributed by atoms with Gasteiger partial charge in [0, 0.05) is 25.5 Å². The molecule has 1 aromatic heterocycles. The molecule has 1 saturated heterocycles. The summed E-state index contributed by atoms with van der Waals surface area (Å²) in [5.41, 5.74) is 0.223. The lowest BCUT2D eigenvalue weighted by molar-refractivity contribution is 0.170. The molecule has 1 aliphatic heterocycles. The maximum atomic E-state index is 13.6. The monoisotopic (exact) mass is 343 g/mol. The van der Waals surface area contributed by atoms with Crippen LogP contribution in [0, 0.1) is 11.7 Å². The fraction of sp³-hybridized carbons (Fsp3) is 0.368. The van der Waals surface area contributed by atoms with Crippen molar-refractivity contribution in [3.05, 3.63) is 54.6 Å². The number of aromatic nitrogens is 1. The van der Waals surface area contributed by atoms with Gasteiger partial charge >= 0.3 is 6.03 Å². The van der Waals surface area contributed by atoms with E-state index in [2.05, 4.69) is 10.3 Å². The zero-order chi connectivity index (χ0) is 17.5. The van der Waals surface area contributed by atoms with Gasteiger partial charge in [0.2, 0.25) is 0 Å². The quantitative estimate of drug-likeness (QED) is 0.895. The summed E-state index contributed by atoms with van der Waals surface area (Å²) in [6.07, 6.45) is 6.25. The fourth-order valence-electron chi connectivity index (χ4n) is 2.96. The number of nitrogens with one attached hydrogen (secondary N) is 1. The van der Waals surface area contributed by atoms with Crippen LogP contribution in [-0.2, 0) is 0 Å². The van der Waals surface area contributed by atoms with Crippen LogP contribution >= 0.6 is 0 Å². The Balaban J connectivity index is 1.39. The number of nitrogens with zero attached hydrogens (tertiary/aromatic N) is 2. The van der Waals surface area contributed by atoms with Gasteiger partial charge in [-0.1, -0.05) is 12.1 Å². The maximum absolute atomic E-state index is 13.6. The number of hydrogen-bond acceptors (Lipinski definition) is 3. The molecule has 0 unspecified atom stereocenters. The van der Waals surface area contributed by atoms with Gasteiger partial charge in [-0.15, -0.1) is 0 Å². The van der Waals surface area contributed by atoms with Crippen molar-refractivity contribution in [1.82, 2.24) is 9.88 Å². The smallest absolute Gasteiger partial charge is 0.321 e. The van der Waals surface area contributed by atoms with Crippen molar-refractivity contribution in [2.24, 2.45) is 5.92 Å². The first-order valence-electron chi connectivity index (χ1n) is 8.55. The molecule has 1 N–H and O–H groups in total. The summed E-state index contributed by atoms with van der Waals surface area (Å²) in [4.78, 5) is 17.9. The summed E-state index contributed by atoms with van der Waals surface area (Å²) in [5, 5.41) is 2.64. The Morgan fingerprint density at radius 3 is 2.64 bits per heavy atom. The van der Waals surface area contributed by atoms with E-state index in [0.717, 1.165) is 25.0 Å². The molecule has 0 aliphatic carbocycles. The lowest BCUT2D eigenvalue weighted by Gasteiger charge is -2.32. The van der Waals surface area contributed by atoms with E-state index in [4.69, 9.17) is 4.74 Å². The summed E-state index contributed by atoms with van der Waals surface area (Å²) in [6.45, 7) is 2.02. The molecule has 1 aliphatic rings. The average molecular weight is 343 g/mol. The molecule has 2 aromatic rings. The van der Waals surface area contributed by atoms with Crippen LogP contribution in [0.1, 0.15) is 19.3 Å². The third-order valence-corrected chi connectivity index (χ3v) is 4.46. The minimum Gasteiger partial charge on any atom is -0.493 e. The number of urea groups is 1. The van der Waals surface area contributed by atoms with Crippen molar-refractivity contribution >= 4 is 11.7 Å². The molecule has 2 amide bonds. The predicted octanol–water partition coefficient (Wildman–Crippen LogP) is 3.93. The average Bonchev–Trinajstić information content (AvgIpc) is 2.65. The number of carbonyl (C=O) groups is 1. The number of piperidine rings is 1. The SMILES string of the molecule is O=C(Nc1ccccc1F)N1CCC(CCOc2ccncc2)CC1. The molecule has 0 saturated carbocycles. The van der Waals surface area contributed by atoms with Crippen LogP contribution in [0.3, 0.4) is 0 Å². The Labute approximate surface area is 146 Å². The lowest BCUT2D eigenvalue weighted by atomic mass is 9.94. The van der Waals surface area contributed by atoms with Crippen molar-refractivity contribution in [2.45, 2.75) is 19.3 Å². The van der Waals surface area contributed by atoms with Crippen LogP contribution in [0.25, 0.3) is 0 Å². The van der Waals surface area contributed by atoms with Crippen LogP contribution in [0.2, 0.25) is 0 Å².